The molecule has 13 nitrogen and oxygen atoms in total. The Bertz CT molecular complexity index is 771. The molecular weight excluding hydrogens is 434 g/mol. The average Bonchev–Trinajstić information content (AvgIpc) is 3.27. The number of hydrogen-bond donors (Lipinski definition) is 8. The van der Waals surface area contributed by atoms with Crippen LogP contribution in [0.5, 0.6) is 0 Å². The number of nitrogens with zero attached hydrogens (tertiary/aromatic N) is 1. The molecule has 1 aromatic heterocycles. The summed E-state index contributed by atoms with van der Waals surface area (Å²) in [5.74, 6) is -3.73. The highest BCUT2D eigenvalue weighted by atomic mass is 16.4. The number of aromatic amines is 1. The number of aliphatic hydroxyl groups is 1. The Morgan fingerprint density at radius 1 is 1.06 bits per heavy atom. The summed E-state index contributed by atoms with van der Waals surface area (Å²) in [5, 5.41) is 26.1. The summed E-state index contributed by atoms with van der Waals surface area (Å²) in [5.41, 5.74) is 12.0. The number of aliphatic hydroxyl groups excluding tert-OH is 1. The second-order valence-corrected chi connectivity index (χ2v) is 8.05. The van der Waals surface area contributed by atoms with Crippen LogP contribution in [0.4, 0.5) is 0 Å². The minimum absolute atomic E-state index is 0.156. The lowest BCUT2D eigenvalue weighted by molar-refractivity contribution is -0.142. The Morgan fingerprint density at radius 2 is 1.73 bits per heavy atom. The molecule has 0 bridgehead atoms. The number of H-pyrrole nitrogens is 1. The van der Waals surface area contributed by atoms with Crippen molar-refractivity contribution in [2.75, 3.05) is 13.2 Å². The lowest BCUT2D eigenvalue weighted by Gasteiger charge is -2.26. The van der Waals surface area contributed by atoms with Crippen molar-refractivity contribution >= 4 is 23.7 Å². The molecule has 0 saturated carbocycles. The third-order valence-corrected chi connectivity index (χ3v) is 4.96. The fourth-order valence-electron chi connectivity index (χ4n) is 3.00. The van der Waals surface area contributed by atoms with Crippen molar-refractivity contribution in [3.05, 3.63) is 18.2 Å². The van der Waals surface area contributed by atoms with Gasteiger partial charge in [0.2, 0.25) is 17.7 Å². The summed E-state index contributed by atoms with van der Waals surface area (Å²) >= 11 is 0. The highest BCUT2D eigenvalue weighted by Gasteiger charge is 2.31. The molecule has 0 spiro atoms. The van der Waals surface area contributed by atoms with Gasteiger partial charge in [0.1, 0.15) is 18.1 Å². The third-order valence-electron chi connectivity index (χ3n) is 4.96. The zero-order valence-corrected chi connectivity index (χ0v) is 18.9. The molecule has 0 radical (unpaired) electrons. The Balaban J connectivity index is 2.74. The molecule has 3 amide bonds. The van der Waals surface area contributed by atoms with Gasteiger partial charge in [0.05, 0.1) is 19.0 Å². The Hall–Kier alpha value is -3.03. The SMILES string of the molecule is CC(C)C(NC(=O)C(N)Cc1cnc[nH]1)C(=O)NC(CO)C(=O)NC(CCCCN)C(=O)O. The van der Waals surface area contributed by atoms with Gasteiger partial charge in [-0.1, -0.05) is 13.8 Å². The molecule has 0 saturated heterocycles. The first kappa shape index (κ1) is 28.0. The van der Waals surface area contributed by atoms with Crippen molar-refractivity contribution in [2.45, 2.75) is 63.7 Å². The van der Waals surface area contributed by atoms with Crippen LogP contribution in [-0.2, 0) is 25.6 Å². The van der Waals surface area contributed by atoms with Crippen LogP contribution in [0.25, 0.3) is 0 Å². The quantitative estimate of drug-likeness (QED) is 0.128. The number of imidazole rings is 1. The van der Waals surface area contributed by atoms with E-state index in [1.165, 1.54) is 12.5 Å². The van der Waals surface area contributed by atoms with Gasteiger partial charge in [-0.05, 0) is 31.7 Å². The van der Waals surface area contributed by atoms with Crippen molar-refractivity contribution in [2.24, 2.45) is 17.4 Å². The molecule has 1 aromatic rings. The lowest BCUT2D eigenvalue weighted by Crippen LogP contribution is -2.59. The zero-order valence-electron chi connectivity index (χ0n) is 18.9. The van der Waals surface area contributed by atoms with E-state index in [0.29, 0.717) is 25.1 Å². The van der Waals surface area contributed by atoms with Gasteiger partial charge in [0.15, 0.2) is 0 Å². The van der Waals surface area contributed by atoms with Crippen molar-refractivity contribution in [1.82, 2.24) is 25.9 Å². The highest BCUT2D eigenvalue weighted by Crippen LogP contribution is 2.06. The molecule has 10 N–H and O–H groups in total. The van der Waals surface area contributed by atoms with Crippen LogP contribution in [0.15, 0.2) is 12.5 Å². The van der Waals surface area contributed by atoms with Gasteiger partial charge in [-0.15, -0.1) is 0 Å². The number of carboxylic acids is 1. The van der Waals surface area contributed by atoms with E-state index in [1.54, 1.807) is 13.8 Å². The standard InChI is InChI=1S/C20H35N7O6/c1-11(2)16(27-17(29)13(22)7-12-8-23-10-24-12)19(31)26-15(9-28)18(30)25-14(20(32)33)5-3-4-6-21/h8,10-11,13-16,28H,3-7,9,21-22H2,1-2H3,(H,23,24)(H,25,30)(H,26,31)(H,27,29)(H,32,33). The van der Waals surface area contributed by atoms with E-state index in [2.05, 4.69) is 25.9 Å². The summed E-state index contributed by atoms with van der Waals surface area (Å²) < 4.78 is 0. The zero-order chi connectivity index (χ0) is 25.0. The summed E-state index contributed by atoms with van der Waals surface area (Å²) in [7, 11) is 0. The van der Waals surface area contributed by atoms with Gasteiger partial charge in [0, 0.05) is 18.3 Å². The summed E-state index contributed by atoms with van der Waals surface area (Å²) in [4.78, 5) is 55.8. The average molecular weight is 470 g/mol. The smallest absolute Gasteiger partial charge is 0.326 e. The number of aromatic nitrogens is 2. The first-order valence-corrected chi connectivity index (χ1v) is 10.8. The molecule has 0 aliphatic rings. The molecular formula is C20H35N7O6. The molecule has 0 aromatic carbocycles. The van der Waals surface area contributed by atoms with E-state index in [4.69, 9.17) is 11.5 Å². The largest absolute Gasteiger partial charge is 0.480 e. The topological polar surface area (TPSA) is 226 Å². The van der Waals surface area contributed by atoms with Crippen LogP contribution in [0.2, 0.25) is 0 Å². The molecule has 4 atom stereocenters. The minimum Gasteiger partial charge on any atom is -0.480 e. The van der Waals surface area contributed by atoms with Gasteiger partial charge in [-0.3, -0.25) is 14.4 Å². The maximum atomic E-state index is 12.8. The number of carbonyl (C=O) groups excluding carboxylic acids is 3. The van der Waals surface area contributed by atoms with Gasteiger partial charge >= 0.3 is 5.97 Å². The van der Waals surface area contributed by atoms with Crippen molar-refractivity contribution in [1.29, 1.82) is 0 Å². The highest BCUT2D eigenvalue weighted by molar-refractivity contribution is 5.94. The second-order valence-electron chi connectivity index (χ2n) is 8.05. The van der Waals surface area contributed by atoms with Gasteiger partial charge in [0.25, 0.3) is 0 Å². The van der Waals surface area contributed by atoms with Crippen LogP contribution >= 0.6 is 0 Å². The van der Waals surface area contributed by atoms with Crippen LogP contribution < -0.4 is 27.4 Å². The monoisotopic (exact) mass is 469 g/mol. The fraction of sp³-hybridized carbons (Fsp3) is 0.650. The first-order valence-electron chi connectivity index (χ1n) is 10.8. The van der Waals surface area contributed by atoms with Crippen LogP contribution in [-0.4, -0.2) is 81.2 Å². The molecule has 33 heavy (non-hydrogen) atoms. The predicted molar refractivity (Wildman–Crippen MR) is 119 cm³/mol. The fourth-order valence-corrected chi connectivity index (χ4v) is 3.00. The molecule has 0 fully saturated rings. The van der Waals surface area contributed by atoms with E-state index in [9.17, 15) is 29.4 Å². The normalized spacial score (nSPS) is 14.7. The molecule has 1 heterocycles. The molecule has 4 unspecified atom stereocenters. The third kappa shape index (κ3) is 9.55. The minimum atomic E-state index is -1.40. The van der Waals surface area contributed by atoms with Gasteiger partial charge < -0.3 is 42.6 Å². The van der Waals surface area contributed by atoms with E-state index >= 15 is 0 Å². The summed E-state index contributed by atoms with van der Waals surface area (Å²) in [6.07, 6.45) is 4.41. The van der Waals surface area contributed by atoms with Crippen LogP contribution in [0, 0.1) is 5.92 Å². The number of nitrogens with two attached hydrogens (primary N) is 2. The Labute approximate surface area is 192 Å². The van der Waals surface area contributed by atoms with E-state index in [0.717, 1.165) is 0 Å². The van der Waals surface area contributed by atoms with Crippen molar-refractivity contribution in [3.63, 3.8) is 0 Å². The second kappa shape index (κ2) is 14.2. The number of rotatable bonds is 15. The predicted octanol–water partition coefficient (Wildman–Crippen LogP) is -2.40. The Morgan fingerprint density at radius 3 is 2.24 bits per heavy atom. The van der Waals surface area contributed by atoms with Crippen LogP contribution in [0.1, 0.15) is 38.8 Å². The number of aliphatic carboxylic acids is 1. The maximum Gasteiger partial charge on any atom is 0.326 e. The van der Waals surface area contributed by atoms with Crippen molar-refractivity contribution in [3.8, 4) is 0 Å². The molecule has 0 aliphatic heterocycles. The maximum absolute atomic E-state index is 12.8. The number of carbonyl (C=O) groups is 4. The first-order chi connectivity index (χ1) is 15.6. The van der Waals surface area contributed by atoms with Gasteiger partial charge in [-0.2, -0.15) is 0 Å². The molecule has 1 rings (SSSR count). The Kier molecular flexibility index (Phi) is 12.0. The number of nitrogens with one attached hydrogen (secondary N) is 4. The number of carboxylic acid groups (broad SMARTS) is 1. The van der Waals surface area contributed by atoms with E-state index in [1.807, 2.05) is 0 Å². The van der Waals surface area contributed by atoms with E-state index < -0.39 is 54.5 Å². The molecule has 186 valence electrons. The lowest BCUT2D eigenvalue weighted by atomic mass is 10.0. The number of unbranched alkanes of at least 4 members (excludes halogenated alkanes) is 1. The molecule has 13 heteroatoms. The van der Waals surface area contributed by atoms with Gasteiger partial charge in [-0.25, -0.2) is 9.78 Å². The number of amides is 3. The van der Waals surface area contributed by atoms with Crippen molar-refractivity contribution < 1.29 is 29.4 Å². The molecule has 0 aliphatic carbocycles. The van der Waals surface area contributed by atoms with Crippen LogP contribution in [0.3, 0.4) is 0 Å². The summed E-state index contributed by atoms with van der Waals surface area (Å²) in [6, 6.07) is -4.56. The number of hydrogen-bond acceptors (Lipinski definition) is 8. The summed E-state index contributed by atoms with van der Waals surface area (Å²) in [6.45, 7) is 3.02. The van der Waals surface area contributed by atoms with E-state index in [-0.39, 0.29) is 18.8 Å².